The Morgan fingerprint density at radius 2 is 2.14 bits per heavy atom. The lowest BCUT2D eigenvalue weighted by molar-refractivity contribution is 0.212. The van der Waals surface area contributed by atoms with Gasteiger partial charge in [0.15, 0.2) is 11.6 Å². The highest BCUT2D eigenvalue weighted by atomic mass is 19.1. The second-order valence-corrected chi connectivity index (χ2v) is 6.41. The van der Waals surface area contributed by atoms with E-state index in [0.717, 1.165) is 30.9 Å². The zero-order valence-corrected chi connectivity index (χ0v) is 13.5. The Balaban J connectivity index is 2.04. The molecule has 1 aromatic carbocycles. The quantitative estimate of drug-likeness (QED) is 0.849. The molecule has 21 heavy (non-hydrogen) atoms. The van der Waals surface area contributed by atoms with E-state index >= 15 is 0 Å². The minimum Gasteiger partial charge on any atom is -0.494 e. The molecule has 0 spiro atoms. The smallest absolute Gasteiger partial charge is 0.165 e. The molecule has 3 atom stereocenters. The van der Waals surface area contributed by atoms with Gasteiger partial charge in [0.25, 0.3) is 0 Å². The summed E-state index contributed by atoms with van der Waals surface area (Å²) in [6.07, 6.45) is 5.89. The van der Waals surface area contributed by atoms with Crippen molar-refractivity contribution in [2.75, 3.05) is 13.7 Å². The van der Waals surface area contributed by atoms with Crippen molar-refractivity contribution in [2.24, 2.45) is 11.8 Å². The number of hydrogen-bond acceptors (Lipinski definition) is 2. The molecule has 3 heteroatoms. The lowest BCUT2D eigenvalue weighted by Crippen LogP contribution is -2.41. The van der Waals surface area contributed by atoms with Gasteiger partial charge in [0.05, 0.1) is 7.11 Å². The largest absolute Gasteiger partial charge is 0.494 e. The summed E-state index contributed by atoms with van der Waals surface area (Å²) in [4.78, 5) is 0. The van der Waals surface area contributed by atoms with Crippen LogP contribution < -0.4 is 10.1 Å². The third-order valence-corrected chi connectivity index (χ3v) is 4.62. The van der Waals surface area contributed by atoms with Crippen LogP contribution in [0, 0.1) is 17.7 Å². The lowest BCUT2D eigenvalue weighted by Gasteiger charge is -2.36. The highest BCUT2D eigenvalue weighted by Gasteiger charge is 2.28. The van der Waals surface area contributed by atoms with E-state index < -0.39 is 0 Å². The van der Waals surface area contributed by atoms with Crippen LogP contribution in [-0.4, -0.2) is 19.7 Å². The molecule has 2 nitrogen and oxygen atoms in total. The van der Waals surface area contributed by atoms with Crippen molar-refractivity contribution >= 4 is 0 Å². The molecule has 0 amide bonds. The molecule has 0 radical (unpaired) electrons. The second kappa shape index (κ2) is 7.79. The molecule has 1 saturated carbocycles. The second-order valence-electron chi connectivity index (χ2n) is 6.41. The van der Waals surface area contributed by atoms with Gasteiger partial charge in [-0.2, -0.15) is 0 Å². The summed E-state index contributed by atoms with van der Waals surface area (Å²) in [5.74, 6) is 1.46. The summed E-state index contributed by atoms with van der Waals surface area (Å²) in [6, 6.07) is 5.95. The Hall–Kier alpha value is -1.09. The van der Waals surface area contributed by atoms with Gasteiger partial charge in [-0.3, -0.25) is 0 Å². The van der Waals surface area contributed by atoms with Gasteiger partial charge >= 0.3 is 0 Å². The Morgan fingerprint density at radius 1 is 1.33 bits per heavy atom. The number of rotatable bonds is 6. The molecule has 3 unspecified atom stereocenters. The fourth-order valence-corrected chi connectivity index (χ4v) is 3.46. The normalized spacial score (nSPS) is 25.8. The van der Waals surface area contributed by atoms with Crippen molar-refractivity contribution in [1.82, 2.24) is 5.32 Å². The number of halogens is 1. The standard InChI is InChI=1S/C18H28FNO/c1-4-9-20-17-7-5-13(2)10-15(17)11-14-6-8-18(21-3)16(19)12-14/h6,8,12-13,15,17,20H,4-5,7,9-11H2,1-3H3. The molecule has 1 fully saturated rings. The van der Waals surface area contributed by atoms with Crippen LogP contribution in [0.15, 0.2) is 18.2 Å². The maximum atomic E-state index is 13.8. The fraction of sp³-hybridized carbons (Fsp3) is 0.667. The van der Waals surface area contributed by atoms with Crippen LogP contribution >= 0.6 is 0 Å². The maximum absolute atomic E-state index is 13.8. The van der Waals surface area contributed by atoms with E-state index in [1.807, 2.05) is 6.07 Å². The Labute approximate surface area is 128 Å². The zero-order valence-electron chi connectivity index (χ0n) is 13.5. The molecule has 2 rings (SSSR count). The summed E-state index contributed by atoms with van der Waals surface area (Å²) < 4.78 is 18.8. The third-order valence-electron chi connectivity index (χ3n) is 4.62. The van der Waals surface area contributed by atoms with E-state index in [-0.39, 0.29) is 5.82 Å². The molecule has 1 N–H and O–H groups in total. The van der Waals surface area contributed by atoms with Gasteiger partial charge in [-0.25, -0.2) is 4.39 Å². The van der Waals surface area contributed by atoms with E-state index in [4.69, 9.17) is 4.74 Å². The highest BCUT2D eigenvalue weighted by molar-refractivity contribution is 5.29. The average Bonchev–Trinajstić information content (AvgIpc) is 2.47. The van der Waals surface area contributed by atoms with Crippen LogP contribution in [0.25, 0.3) is 0 Å². The van der Waals surface area contributed by atoms with Gasteiger partial charge in [-0.05, 0) is 68.2 Å². The van der Waals surface area contributed by atoms with E-state index in [1.165, 1.54) is 26.4 Å². The topological polar surface area (TPSA) is 21.3 Å². The van der Waals surface area contributed by atoms with Crippen molar-refractivity contribution in [3.8, 4) is 5.75 Å². The highest BCUT2D eigenvalue weighted by Crippen LogP contribution is 2.32. The monoisotopic (exact) mass is 293 g/mol. The van der Waals surface area contributed by atoms with Crippen LogP contribution in [0.3, 0.4) is 0 Å². The molecule has 1 aliphatic rings. The minimum absolute atomic E-state index is 0.253. The van der Waals surface area contributed by atoms with Crippen LogP contribution in [0.1, 0.15) is 45.1 Å². The number of methoxy groups -OCH3 is 1. The summed E-state index contributed by atoms with van der Waals surface area (Å²) in [5, 5.41) is 3.68. The van der Waals surface area contributed by atoms with Crippen molar-refractivity contribution in [1.29, 1.82) is 0 Å². The molecule has 0 aliphatic heterocycles. The average molecular weight is 293 g/mol. The van der Waals surface area contributed by atoms with Crippen LogP contribution in [-0.2, 0) is 6.42 Å². The van der Waals surface area contributed by atoms with E-state index in [2.05, 4.69) is 19.2 Å². The number of nitrogens with one attached hydrogen (secondary N) is 1. The van der Waals surface area contributed by atoms with Gasteiger partial charge < -0.3 is 10.1 Å². The van der Waals surface area contributed by atoms with E-state index in [9.17, 15) is 4.39 Å². The van der Waals surface area contributed by atoms with Gasteiger partial charge in [0.2, 0.25) is 0 Å². The molecule has 0 aromatic heterocycles. The summed E-state index contributed by atoms with van der Waals surface area (Å²) in [5.41, 5.74) is 1.08. The van der Waals surface area contributed by atoms with Gasteiger partial charge in [-0.15, -0.1) is 0 Å². The zero-order chi connectivity index (χ0) is 15.2. The molecule has 0 bridgehead atoms. The van der Waals surface area contributed by atoms with E-state index in [0.29, 0.717) is 17.7 Å². The number of ether oxygens (including phenoxy) is 1. The first-order chi connectivity index (χ1) is 10.1. The fourth-order valence-electron chi connectivity index (χ4n) is 3.46. The predicted molar refractivity (Wildman–Crippen MR) is 85.2 cm³/mol. The van der Waals surface area contributed by atoms with Crippen molar-refractivity contribution < 1.29 is 9.13 Å². The summed E-state index contributed by atoms with van der Waals surface area (Å²) >= 11 is 0. The van der Waals surface area contributed by atoms with Crippen LogP contribution in [0.2, 0.25) is 0 Å². The first kappa shape index (κ1) is 16.3. The van der Waals surface area contributed by atoms with Crippen molar-refractivity contribution in [3.63, 3.8) is 0 Å². The summed E-state index contributed by atoms with van der Waals surface area (Å²) in [7, 11) is 1.51. The first-order valence-electron chi connectivity index (χ1n) is 8.19. The van der Waals surface area contributed by atoms with Gasteiger partial charge in [0.1, 0.15) is 0 Å². The third kappa shape index (κ3) is 4.44. The molecule has 0 saturated heterocycles. The Kier molecular flexibility index (Phi) is 6.04. The van der Waals surface area contributed by atoms with Crippen molar-refractivity contribution in [3.05, 3.63) is 29.6 Å². The molecular formula is C18H28FNO. The summed E-state index contributed by atoms with van der Waals surface area (Å²) in [6.45, 7) is 5.61. The number of hydrogen-bond donors (Lipinski definition) is 1. The molecular weight excluding hydrogens is 265 g/mol. The Morgan fingerprint density at radius 3 is 2.81 bits per heavy atom. The maximum Gasteiger partial charge on any atom is 0.165 e. The van der Waals surface area contributed by atoms with E-state index in [1.54, 1.807) is 12.1 Å². The van der Waals surface area contributed by atoms with Crippen molar-refractivity contribution in [2.45, 2.75) is 52.0 Å². The molecule has 0 heterocycles. The lowest BCUT2D eigenvalue weighted by atomic mass is 9.76. The number of benzene rings is 1. The van der Waals surface area contributed by atoms with Crippen LogP contribution in [0.4, 0.5) is 4.39 Å². The Bertz CT molecular complexity index is 447. The van der Waals surface area contributed by atoms with Crippen LogP contribution in [0.5, 0.6) is 5.75 Å². The molecule has 118 valence electrons. The minimum atomic E-state index is -0.253. The van der Waals surface area contributed by atoms with Gasteiger partial charge in [0, 0.05) is 6.04 Å². The molecule has 1 aliphatic carbocycles. The van der Waals surface area contributed by atoms with Gasteiger partial charge in [-0.1, -0.05) is 19.9 Å². The molecule has 1 aromatic rings. The first-order valence-corrected chi connectivity index (χ1v) is 8.19. The predicted octanol–water partition coefficient (Wildman–Crippen LogP) is 4.18. The SMILES string of the molecule is CCCNC1CCC(C)CC1Cc1ccc(OC)c(F)c1.